The zero-order chi connectivity index (χ0) is 18.2. The number of halogens is 2. The van der Waals surface area contributed by atoms with E-state index in [4.69, 9.17) is 4.74 Å². The molecule has 0 spiro atoms. The largest absolute Gasteiger partial charge is 0.497 e. The van der Waals surface area contributed by atoms with Crippen LogP contribution in [0.25, 0.3) is 0 Å². The molecule has 0 bridgehead atoms. The van der Waals surface area contributed by atoms with Gasteiger partial charge in [-0.2, -0.15) is 8.78 Å². The van der Waals surface area contributed by atoms with Crippen LogP contribution in [0.3, 0.4) is 0 Å². The number of methoxy groups -OCH3 is 1. The molecule has 0 aromatic heterocycles. The lowest BCUT2D eigenvalue weighted by molar-refractivity contribution is -0.0493. The fourth-order valence-corrected chi connectivity index (χ4v) is 2.34. The van der Waals surface area contributed by atoms with Crippen molar-refractivity contribution < 1.29 is 23.0 Å². The predicted molar refractivity (Wildman–Crippen MR) is 91.3 cm³/mol. The zero-order valence-electron chi connectivity index (χ0n) is 14.0. The van der Waals surface area contributed by atoms with Gasteiger partial charge < -0.3 is 20.1 Å². The maximum absolute atomic E-state index is 12.4. The summed E-state index contributed by atoms with van der Waals surface area (Å²) in [5.74, 6) is 0.631. The summed E-state index contributed by atoms with van der Waals surface area (Å²) < 4.78 is 34.4. The van der Waals surface area contributed by atoms with E-state index in [1.54, 1.807) is 19.2 Å². The van der Waals surface area contributed by atoms with Gasteiger partial charge in [0.1, 0.15) is 11.5 Å². The molecular weight excluding hydrogens is 330 g/mol. The van der Waals surface area contributed by atoms with Gasteiger partial charge >= 0.3 is 12.6 Å². The number of ether oxygens (including phenoxy) is 2. The SMILES string of the molecule is CCC(NC(=O)Nc1ccccc1OC(F)F)c1ccc(OC)cc1. The fourth-order valence-electron chi connectivity index (χ4n) is 2.34. The number of amides is 2. The topological polar surface area (TPSA) is 59.6 Å². The van der Waals surface area contributed by atoms with Crippen molar-refractivity contribution in [1.82, 2.24) is 5.32 Å². The second-order valence-corrected chi connectivity index (χ2v) is 5.21. The molecule has 0 saturated heterocycles. The first-order valence-electron chi connectivity index (χ1n) is 7.78. The van der Waals surface area contributed by atoms with E-state index in [1.807, 2.05) is 31.2 Å². The molecule has 0 aliphatic carbocycles. The number of nitrogens with one attached hydrogen (secondary N) is 2. The quantitative estimate of drug-likeness (QED) is 0.769. The molecule has 7 heteroatoms. The van der Waals surface area contributed by atoms with Gasteiger partial charge in [0.15, 0.2) is 0 Å². The number of rotatable bonds is 7. The summed E-state index contributed by atoms with van der Waals surface area (Å²) in [7, 11) is 1.58. The first-order valence-corrected chi connectivity index (χ1v) is 7.78. The van der Waals surface area contributed by atoms with Crippen LogP contribution in [0.2, 0.25) is 0 Å². The van der Waals surface area contributed by atoms with Crippen molar-refractivity contribution in [3.63, 3.8) is 0 Å². The number of hydrogen-bond donors (Lipinski definition) is 2. The van der Waals surface area contributed by atoms with Crippen LogP contribution < -0.4 is 20.1 Å². The third-order valence-corrected chi connectivity index (χ3v) is 3.58. The van der Waals surface area contributed by atoms with Gasteiger partial charge in [-0.1, -0.05) is 31.2 Å². The van der Waals surface area contributed by atoms with Crippen LogP contribution in [0.1, 0.15) is 24.9 Å². The number of benzene rings is 2. The lowest BCUT2D eigenvalue weighted by atomic mass is 10.0. The third kappa shape index (κ3) is 5.34. The van der Waals surface area contributed by atoms with Gasteiger partial charge in [-0.15, -0.1) is 0 Å². The molecule has 2 aromatic rings. The third-order valence-electron chi connectivity index (χ3n) is 3.58. The first-order chi connectivity index (χ1) is 12.0. The van der Waals surface area contributed by atoms with E-state index in [9.17, 15) is 13.6 Å². The molecule has 2 amide bonds. The van der Waals surface area contributed by atoms with Crippen molar-refractivity contribution in [3.05, 3.63) is 54.1 Å². The van der Waals surface area contributed by atoms with Gasteiger partial charge in [0.25, 0.3) is 0 Å². The molecule has 0 fully saturated rings. The van der Waals surface area contributed by atoms with Crippen LogP contribution in [0.5, 0.6) is 11.5 Å². The van der Waals surface area contributed by atoms with E-state index in [0.717, 1.165) is 11.3 Å². The second kappa shape index (κ2) is 8.86. The summed E-state index contributed by atoms with van der Waals surface area (Å²) in [4.78, 5) is 12.2. The summed E-state index contributed by atoms with van der Waals surface area (Å²) in [6.07, 6.45) is 0.662. The molecule has 134 valence electrons. The van der Waals surface area contributed by atoms with Gasteiger partial charge in [0.2, 0.25) is 0 Å². The molecule has 0 saturated carbocycles. The molecule has 0 heterocycles. The molecule has 1 unspecified atom stereocenters. The highest BCUT2D eigenvalue weighted by Crippen LogP contribution is 2.26. The molecule has 2 aromatic carbocycles. The molecule has 25 heavy (non-hydrogen) atoms. The van der Waals surface area contributed by atoms with Crippen molar-refractivity contribution in [3.8, 4) is 11.5 Å². The maximum Gasteiger partial charge on any atom is 0.387 e. The Morgan fingerprint density at radius 2 is 1.80 bits per heavy atom. The summed E-state index contributed by atoms with van der Waals surface area (Å²) in [5, 5.41) is 5.36. The summed E-state index contributed by atoms with van der Waals surface area (Å²) >= 11 is 0. The molecule has 0 aliphatic heterocycles. The Hall–Kier alpha value is -2.83. The molecule has 5 nitrogen and oxygen atoms in total. The molecule has 0 radical (unpaired) electrons. The van der Waals surface area contributed by atoms with E-state index in [1.165, 1.54) is 12.1 Å². The van der Waals surface area contributed by atoms with E-state index >= 15 is 0 Å². The number of para-hydroxylation sites is 2. The number of alkyl halides is 2. The van der Waals surface area contributed by atoms with E-state index in [0.29, 0.717) is 6.42 Å². The Morgan fingerprint density at radius 1 is 1.12 bits per heavy atom. The minimum atomic E-state index is -2.96. The number of carbonyl (C=O) groups is 1. The average molecular weight is 350 g/mol. The maximum atomic E-state index is 12.4. The van der Waals surface area contributed by atoms with Crippen LogP contribution in [0, 0.1) is 0 Å². The Labute approximate surface area is 144 Å². The van der Waals surface area contributed by atoms with Gasteiger partial charge in [0, 0.05) is 0 Å². The summed E-state index contributed by atoms with van der Waals surface area (Å²) in [5.41, 5.74) is 1.08. The number of hydrogen-bond acceptors (Lipinski definition) is 3. The summed E-state index contributed by atoms with van der Waals surface area (Å²) in [6, 6.07) is 12.6. The van der Waals surface area contributed by atoms with Crippen molar-refractivity contribution in [2.45, 2.75) is 26.0 Å². The number of anilines is 1. The van der Waals surface area contributed by atoms with Crippen LogP contribution in [0.15, 0.2) is 48.5 Å². The van der Waals surface area contributed by atoms with E-state index in [-0.39, 0.29) is 17.5 Å². The molecule has 0 aliphatic rings. The van der Waals surface area contributed by atoms with Crippen LogP contribution >= 0.6 is 0 Å². The number of urea groups is 1. The lowest BCUT2D eigenvalue weighted by Gasteiger charge is -2.19. The monoisotopic (exact) mass is 350 g/mol. The number of carbonyl (C=O) groups excluding carboxylic acids is 1. The molecular formula is C18H20F2N2O3. The highest BCUT2D eigenvalue weighted by atomic mass is 19.3. The van der Waals surface area contributed by atoms with Crippen LogP contribution in [0.4, 0.5) is 19.3 Å². The average Bonchev–Trinajstić information content (AvgIpc) is 2.61. The predicted octanol–water partition coefficient (Wildman–Crippen LogP) is 4.57. The van der Waals surface area contributed by atoms with Crippen molar-refractivity contribution in [1.29, 1.82) is 0 Å². The normalized spacial score (nSPS) is 11.7. The highest BCUT2D eigenvalue weighted by Gasteiger charge is 2.15. The van der Waals surface area contributed by atoms with Crippen LogP contribution in [-0.2, 0) is 0 Å². The van der Waals surface area contributed by atoms with Gasteiger partial charge in [-0.05, 0) is 36.2 Å². The van der Waals surface area contributed by atoms with Crippen molar-refractivity contribution in [2.24, 2.45) is 0 Å². The molecule has 2 rings (SSSR count). The second-order valence-electron chi connectivity index (χ2n) is 5.21. The molecule has 1 atom stereocenters. The minimum Gasteiger partial charge on any atom is -0.497 e. The Morgan fingerprint density at radius 3 is 2.40 bits per heavy atom. The molecule has 2 N–H and O–H groups in total. The fraction of sp³-hybridized carbons (Fsp3) is 0.278. The van der Waals surface area contributed by atoms with E-state index < -0.39 is 12.6 Å². The highest BCUT2D eigenvalue weighted by molar-refractivity contribution is 5.91. The standard InChI is InChI=1S/C18H20F2N2O3/c1-3-14(12-8-10-13(24-2)11-9-12)21-18(23)22-15-6-4-5-7-16(15)25-17(19)20/h4-11,14,17H,3H2,1-2H3,(H2,21,22,23). The smallest absolute Gasteiger partial charge is 0.387 e. The minimum absolute atomic E-state index is 0.0925. The Kier molecular flexibility index (Phi) is 6.56. The zero-order valence-corrected chi connectivity index (χ0v) is 14.0. The van der Waals surface area contributed by atoms with Crippen molar-refractivity contribution in [2.75, 3.05) is 12.4 Å². The lowest BCUT2D eigenvalue weighted by Crippen LogP contribution is -2.32. The Balaban J connectivity index is 2.05. The van der Waals surface area contributed by atoms with Gasteiger partial charge in [-0.25, -0.2) is 4.79 Å². The van der Waals surface area contributed by atoms with Gasteiger partial charge in [0.05, 0.1) is 18.8 Å². The van der Waals surface area contributed by atoms with E-state index in [2.05, 4.69) is 15.4 Å². The first kappa shape index (κ1) is 18.5. The van der Waals surface area contributed by atoms with Crippen molar-refractivity contribution >= 4 is 11.7 Å². The summed E-state index contributed by atoms with van der Waals surface area (Å²) in [6.45, 7) is -1.03. The van der Waals surface area contributed by atoms with Gasteiger partial charge in [-0.3, -0.25) is 0 Å². The Bertz CT molecular complexity index is 693. The van der Waals surface area contributed by atoms with Crippen LogP contribution in [-0.4, -0.2) is 19.8 Å².